The topological polar surface area (TPSA) is 46.5 Å². The quantitative estimate of drug-likeness (QED) is 0.510. The van der Waals surface area contributed by atoms with Crippen molar-refractivity contribution < 1.29 is 14.6 Å². The summed E-state index contributed by atoms with van der Waals surface area (Å²) in [6, 6.07) is 0. The van der Waals surface area contributed by atoms with Crippen molar-refractivity contribution in [3.8, 4) is 11.8 Å². The summed E-state index contributed by atoms with van der Waals surface area (Å²) in [5, 5.41) is 8.20. The molecule has 0 aromatic heterocycles. The smallest absolute Gasteiger partial charge is 0.329 e. The predicted octanol–water partition coefficient (Wildman–Crippen LogP) is 1.14. The standard InChI is InChI=1S/C9H14O3/c1-9(2,3)5-4-6-12-7-8(10)11/h6-7H2,1-3H3,(H,10,11). The van der Waals surface area contributed by atoms with E-state index in [2.05, 4.69) is 11.8 Å². The maximum Gasteiger partial charge on any atom is 0.329 e. The van der Waals surface area contributed by atoms with E-state index in [1.165, 1.54) is 0 Å². The minimum atomic E-state index is -0.965. The molecule has 0 saturated carbocycles. The molecule has 0 aromatic rings. The lowest BCUT2D eigenvalue weighted by Crippen LogP contribution is -2.07. The molecule has 0 aliphatic rings. The van der Waals surface area contributed by atoms with Gasteiger partial charge in [-0.05, 0) is 20.8 Å². The maximum absolute atomic E-state index is 9.99. The third kappa shape index (κ3) is 8.99. The van der Waals surface area contributed by atoms with Crippen molar-refractivity contribution in [3.63, 3.8) is 0 Å². The molecule has 1 N–H and O–H groups in total. The van der Waals surface area contributed by atoms with E-state index in [4.69, 9.17) is 9.84 Å². The molecule has 12 heavy (non-hydrogen) atoms. The molecule has 0 rings (SSSR count). The second-order valence-corrected chi connectivity index (χ2v) is 3.44. The summed E-state index contributed by atoms with van der Waals surface area (Å²) in [7, 11) is 0. The van der Waals surface area contributed by atoms with E-state index in [0.717, 1.165) is 0 Å². The van der Waals surface area contributed by atoms with Gasteiger partial charge >= 0.3 is 5.97 Å². The molecule has 3 heteroatoms. The van der Waals surface area contributed by atoms with Crippen LogP contribution in [0, 0.1) is 17.3 Å². The van der Waals surface area contributed by atoms with Gasteiger partial charge in [-0.2, -0.15) is 0 Å². The summed E-state index contributed by atoms with van der Waals surface area (Å²) in [6.07, 6.45) is 0. The fourth-order valence-corrected chi connectivity index (χ4v) is 0.491. The summed E-state index contributed by atoms with van der Waals surface area (Å²) >= 11 is 0. The largest absolute Gasteiger partial charge is 0.480 e. The van der Waals surface area contributed by atoms with Gasteiger partial charge in [0.1, 0.15) is 13.2 Å². The minimum absolute atomic E-state index is 0.0490. The molecule has 0 bridgehead atoms. The predicted molar refractivity (Wildman–Crippen MR) is 45.7 cm³/mol. The number of aliphatic carboxylic acids is 1. The summed E-state index contributed by atoms with van der Waals surface area (Å²) < 4.78 is 4.72. The van der Waals surface area contributed by atoms with Crippen LogP contribution in [-0.2, 0) is 9.53 Å². The maximum atomic E-state index is 9.99. The van der Waals surface area contributed by atoms with Crippen molar-refractivity contribution in [3.05, 3.63) is 0 Å². The number of hydrogen-bond acceptors (Lipinski definition) is 2. The molecule has 0 amide bonds. The Morgan fingerprint density at radius 3 is 2.50 bits per heavy atom. The number of ether oxygens (including phenoxy) is 1. The highest BCUT2D eigenvalue weighted by Crippen LogP contribution is 2.09. The molecule has 0 unspecified atom stereocenters. The van der Waals surface area contributed by atoms with Crippen molar-refractivity contribution in [2.45, 2.75) is 20.8 Å². The monoisotopic (exact) mass is 170 g/mol. The zero-order valence-corrected chi connectivity index (χ0v) is 7.68. The van der Waals surface area contributed by atoms with E-state index in [1.807, 2.05) is 20.8 Å². The van der Waals surface area contributed by atoms with Gasteiger partial charge in [0.15, 0.2) is 0 Å². The highest BCUT2D eigenvalue weighted by molar-refractivity contribution is 5.68. The van der Waals surface area contributed by atoms with Crippen molar-refractivity contribution in [1.82, 2.24) is 0 Å². The van der Waals surface area contributed by atoms with Crippen molar-refractivity contribution in [2.24, 2.45) is 5.41 Å². The molecule has 3 nitrogen and oxygen atoms in total. The third-order valence-corrected chi connectivity index (χ3v) is 0.863. The average Bonchev–Trinajstić information content (AvgIpc) is 1.83. The number of carboxylic acids is 1. The van der Waals surface area contributed by atoms with Crippen molar-refractivity contribution >= 4 is 5.97 Å². The van der Waals surface area contributed by atoms with Crippen LogP contribution in [0.2, 0.25) is 0 Å². The van der Waals surface area contributed by atoms with E-state index in [0.29, 0.717) is 0 Å². The first kappa shape index (κ1) is 11.0. The first-order valence-corrected chi connectivity index (χ1v) is 3.71. The van der Waals surface area contributed by atoms with Gasteiger partial charge in [0, 0.05) is 5.41 Å². The highest BCUT2D eigenvalue weighted by atomic mass is 16.5. The second-order valence-electron chi connectivity index (χ2n) is 3.44. The van der Waals surface area contributed by atoms with Gasteiger partial charge in [-0.25, -0.2) is 4.79 Å². The lowest BCUT2D eigenvalue weighted by Gasteiger charge is -2.06. The Labute approximate surface area is 72.7 Å². The molecule has 0 spiro atoms. The lowest BCUT2D eigenvalue weighted by atomic mass is 9.98. The number of carbonyl (C=O) groups is 1. The summed E-state index contributed by atoms with van der Waals surface area (Å²) in [4.78, 5) is 9.99. The molecule has 0 radical (unpaired) electrons. The summed E-state index contributed by atoms with van der Waals surface area (Å²) in [5.74, 6) is 4.71. The van der Waals surface area contributed by atoms with E-state index in [1.54, 1.807) is 0 Å². The Bertz CT molecular complexity index is 202. The molecule has 68 valence electrons. The van der Waals surface area contributed by atoms with Gasteiger partial charge < -0.3 is 9.84 Å². The second kappa shape index (κ2) is 4.78. The first-order valence-electron chi connectivity index (χ1n) is 3.71. The van der Waals surface area contributed by atoms with Crippen LogP contribution in [0.15, 0.2) is 0 Å². The number of rotatable bonds is 3. The Hall–Kier alpha value is -1.01. The molecular weight excluding hydrogens is 156 g/mol. The van der Waals surface area contributed by atoms with Gasteiger partial charge in [-0.1, -0.05) is 11.8 Å². The van der Waals surface area contributed by atoms with Crippen molar-refractivity contribution in [1.29, 1.82) is 0 Å². The fourth-order valence-electron chi connectivity index (χ4n) is 0.491. The molecule has 0 aliphatic heterocycles. The Kier molecular flexibility index (Phi) is 4.38. The molecule has 0 atom stereocenters. The molecular formula is C9H14O3. The molecule has 0 heterocycles. The minimum Gasteiger partial charge on any atom is -0.480 e. The average molecular weight is 170 g/mol. The van der Waals surface area contributed by atoms with Gasteiger partial charge in [-0.3, -0.25) is 0 Å². The highest BCUT2D eigenvalue weighted by Gasteiger charge is 2.02. The van der Waals surface area contributed by atoms with Crippen LogP contribution >= 0.6 is 0 Å². The first-order chi connectivity index (χ1) is 5.42. The number of carboxylic acid groups (broad SMARTS) is 1. The third-order valence-electron chi connectivity index (χ3n) is 0.863. The van der Waals surface area contributed by atoms with Crippen LogP contribution < -0.4 is 0 Å². The molecule has 0 aliphatic carbocycles. The van der Waals surface area contributed by atoms with E-state index < -0.39 is 5.97 Å². The van der Waals surface area contributed by atoms with Crippen molar-refractivity contribution in [2.75, 3.05) is 13.2 Å². The zero-order valence-electron chi connectivity index (χ0n) is 7.68. The van der Waals surface area contributed by atoms with E-state index >= 15 is 0 Å². The van der Waals surface area contributed by atoms with Gasteiger partial charge in [0.05, 0.1) is 0 Å². The summed E-state index contributed by atoms with van der Waals surface area (Å²) in [6.45, 7) is 5.86. The zero-order chi connectivity index (χ0) is 9.61. The van der Waals surface area contributed by atoms with Crippen LogP contribution in [-0.4, -0.2) is 24.3 Å². The van der Waals surface area contributed by atoms with Crippen LogP contribution in [0.1, 0.15) is 20.8 Å². The lowest BCUT2D eigenvalue weighted by molar-refractivity contribution is -0.141. The number of hydrogen-bond donors (Lipinski definition) is 1. The van der Waals surface area contributed by atoms with Crippen LogP contribution in [0.3, 0.4) is 0 Å². The van der Waals surface area contributed by atoms with Crippen LogP contribution in [0.5, 0.6) is 0 Å². The summed E-state index contributed by atoms with van der Waals surface area (Å²) in [5.41, 5.74) is -0.0490. The molecule has 0 saturated heterocycles. The fraction of sp³-hybridized carbons (Fsp3) is 0.667. The van der Waals surface area contributed by atoms with E-state index in [-0.39, 0.29) is 18.6 Å². The van der Waals surface area contributed by atoms with Gasteiger partial charge in [0.2, 0.25) is 0 Å². The van der Waals surface area contributed by atoms with Gasteiger partial charge in [0.25, 0.3) is 0 Å². The molecule has 0 aromatic carbocycles. The van der Waals surface area contributed by atoms with Crippen LogP contribution in [0.4, 0.5) is 0 Å². The molecule has 0 fully saturated rings. The van der Waals surface area contributed by atoms with Gasteiger partial charge in [-0.15, -0.1) is 0 Å². The Morgan fingerprint density at radius 1 is 1.50 bits per heavy atom. The Morgan fingerprint density at radius 2 is 2.08 bits per heavy atom. The van der Waals surface area contributed by atoms with Crippen LogP contribution in [0.25, 0.3) is 0 Å². The SMILES string of the molecule is CC(C)(C)C#CCOCC(=O)O. The Balaban J connectivity index is 3.53. The van der Waals surface area contributed by atoms with E-state index in [9.17, 15) is 4.79 Å². The normalized spacial score (nSPS) is 10.2.